The van der Waals surface area contributed by atoms with Crippen molar-refractivity contribution in [2.24, 2.45) is 0 Å². The van der Waals surface area contributed by atoms with Crippen LogP contribution in [0.2, 0.25) is 0 Å². The van der Waals surface area contributed by atoms with Crippen molar-refractivity contribution >= 4 is 23.3 Å². The molecule has 30 heavy (non-hydrogen) atoms. The van der Waals surface area contributed by atoms with Crippen LogP contribution in [-0.2, 0) is 0 Å². The Balaban J connectivity index is 1.71. The molecule has 0 saturated heterocycles. The molecule has 10 nitrogen and oxygen atoms in total. The number of fused-ring (bicyclic) bond motifs is 1. The van der Waals surface area contributed by atoms with Gasteiger partial charge < -0.3 is 29.7 Å². The van der Waals surface area contributed by atoms with Crippen LogP contribution in [-0.4, -0.2) is 52.7 Å². The second kappa shape index (κ2) is 8.01. The average Bonchev–Trinajstić information content (AvgIpc) is 3.03. The normalized spacial score (nSPS) is 17.4. The topological polar surface area (TPSA) is 122 Å². The van der Waals surface area contributed by atoms with Gasteiger partial charge in [0.25, 0.3) is 0 Å². The Morgan fingerprint density at radius 1 is 1.00 bits per heavy atom. The number of methoxy groups -OCH3 is 3. The molecule has 0 saturated carbocycles. The highest BCUT2D eigenvalue weighted by molar-refractivity contribution is 5.69. The Morgan fingerprint density at radius 3 is 2.33 bits per heavy atom. The number of nitrogens with one attached hydrogen (secondary N) is 1. The number of aliphatic hydroxyl groups excluding tert-OH is 2. The fourth-order valence-corrected chi connectivity index (χ4v) is 3.29. The highest BCUT2D eigenvalue weighted by Crippen LogP contribution is 2.43. The van der Waals surface area contributed by atoms with E-state index < -0.39 is 12.3 Å². The quantitative estimate of drug-likeness (QED) is 0.556. The van der Waals surface area contributed by atoms with E-state index in [2.05, 4.69) is 20.3 Å². The first-order chi connectivity index (χ1) is 14.6. The van der Waals surface area contributed by atoms with Crippen LogP contribution in [0.15, 0.2) is 42.7 Å². The molecule has 1 aromatic carbocycles. The second-order valence-electron chi connectivity index (χ2n) is 6.43. The summed E-state index contributed by atoms with van der Waals surface area (Å²) in [5.74, 6) is 2.49. The molecule has 0 bridgehead atoms. The van der Waals surface area contributed by atoms with Gasteiger partial charge >= 0.3 is 0 Å². The van der Waals surface area contributed by atoms with E-state index in [-0.39, 0.29) is 5.95 Å². The van der Waals surface area contributed by atoms with Gasteiger partial charge in [-0.15, -0.1) is 0 Å². The first kappa shape index (κ1) is 19.7. The maximum Gasteiger partial charge on any atom is 0.229 e. The smallest absolute Gasteiger partial charge is 0.229 e. The minimum atomic E-state index is -1.22. The number of rotatable bonds is 6. The summed E-state index contributed by atoms with van der Waals surface area (Å²) >= 11 is 0. The van der Waals surface area contributed by atoms with E-state index in [0.717, 1.165) is 0 Å². The van der Waals surface area contributed by atoms with Crippen molar-refractivity contribution in [2.45, 2.75) is 12.3 Å². The standard InChI is InChI=1S/C20H21N5O5/c1-28-13-8-11(9-14(29-2)17(13)30-3)23-20-22-10-12-16(26)19(27)25(18(12)24-20)15-6-4-5-7-21-15/h4-10,16,19,26-27H,1-3H3,(H,22,23,24). The van der Waals surface area contributed by atoms with E-state index in [1.807, 2.05) is 0 Å². The summed E-state index contributed by atoms with van der Waals surface area (Å²) in [6.07, 6.45) is 0.695. The lowest BCUT2D eigenvalue weighted by molar-refractivity contribution is 0.0341. The monoisotopic (exact) mass is 411 g/mol. The Hall–Kier alpha value is -3.63. The van der Waals surface area contributed by atoms with Crippen molar-refractivity contribution in [1.29, 1.82) is 0 Å². The van der Waals surface area contributed by atoms with Crippen molar-refractivity contribution < 1.29 is 24.4 Å². The van der Waals surface area contributed by atoms with Crippen LogP contribution >= 0.6 is 0 Å². The Kier molecular flexibility index (Phi) is 5.25. The predicted octanol–water partition coefficient (Wildman–Crippen LogP) is 2.14. The van der Waals surface area contributed by atoms with Crippen molar-refractivity contribution in [1.82, 2.24) is 15.0 Å². The highest BCUT2D eigenvalue weighted by Gasteiger charge is 2.39. The third kappa shape index (κ3) is 3.31. The summed E-state index contributed by atoms with van der Waals surface area (Å²) in [6.45, 7) is 0. The lowest BCUT2D eigenvalue weighted by Gasteiger charge is -2.22. The summed E-state index contributed by atoms with van der Waals surface area (Å²) in [6, 6.07) is 8.71. The number of benzene rings is 1. The van der Waals surface area contributed by atoms with Crippen LogP contribution in [0, 0.1) is 0 Å². The molecule has 2 aromatic heterocycles. The van der Waals surface area contributed by atoms with E-state index in [1.165, 1.54) is 32.4 Å². The molecule has 2 atom stereocenters. The number of pyridine rings is 1. The zero-order valence-electron chi connectivity index (χ0n) is 16.6. The molecule has 0 spiro atoms. The van der Waals surface area contributed by atoms with Gasteiger partial charge in [-0.2, -0.15) is 4.98 Å². The number of aromatic nitrogens is 3. The van der Waals surface area contributed by atoms with Crippen LogP contribution in [0.5, 0.6) is 17.2 Å². The molecule has 3 aromatic rings. The summed E-state index contributed by atoms with van der Waals surface area (Å²) in [4.78, 5) is 14.5. The fraction of sp³-hybridized carbons (Fsp3) is 0.250. The van der Waals surface area contributed by atoms with E-state index >= 15 is 0 Å². The molecular weight excluding hydrogens is 390 g/mol. The largest absolute Gasteiger partial charge is 0.493 e. The van der Waals surface area contributed by atoms with Crippen LogP contribution in [0.3, 0.4) is 0 Å². The molecule has 10 heteroatoms. The molecule has 0 amide bonds. The molecule has 0 radical (unpaired) electrons. The van der Waals surface area contributed by atoms with E-state index in [0.29, 0.717) is 40.1 Å². The molecule has 1 aliphatic heterocycles. The van der Waals surface area contributed by atoms with Gasteiger partial charge in [0.15, 0.2) is 17.7 Å². The third-order valence-electron chi connectivity index (χ3n) is 4.71. The van der Waals surface area contributed by atoms with Gasteiger partial charge in [0.05, 0.1) is 21.3 Å². The molecule has 156 valence electrons. The number of hydrogen-bond donors (Lipinski definition) is 3. The molecule has 3 heterocycles. The molecule has 0 aliphatic carbocycles. The van der Waals surface area contributed by atoms with Crippen LogP contribution in [0.1, 0.15) is 11.7 Å². The van der Waals surface area contributed by atoms with Gasteiger partial charge in [-0.05, 0) is 12.1 Å². The van der Waals surface area contributed by atoms with Crippen molar-refractivity contribution in [2.75, 3.05) is 31.5 Å². The van der Waals surface area contributed by atoms with Gasteiger partial charge in [-0.25, -0.2) is 9.97 Å². The highest BCUT2D eigenvalue weighted by atomic mass is 16.5. The van der Waals surface area contributed by atoms with Crippen molar-refractivity contribution in [3.8, 4) is 17.2 Å². The van der Waals surface area contributed by atoms with E-state index in [9.17, 15) is 10.2 Å². The lowest BCUT2D eigenvalue weighted by atomic mass is 10.2. The number of ether oxygens (including phenoxy) is 3. The van der Waals surface area contributed by atoms with Gasteiger partial charge in [0.1, 0.15) is 17.7 Å². The van der Waals surface area contributed by atoms with Crippen LogP contribution in [0.25, 0.3) is 0 Å². The van der Waals surface area contributed by atoms with Gasteiger partial charge in [0, 0.05) is 35.8 Å². The van der Waals surface area contributed by atoms with E-state index in [1.54, 1.807) is 36.5 Å². The zero-order chi connectivity index (χ0) is 21.3. The first-order valence-corrected chi connectivity index (χ1v) is 9.07. The van der Waals surface area contributed by atoms with Gasteiger partial charge in [-0.1, -0.05) is 6.07 Å². The molecule has 1 aliphatic rings. The first-order valence-electron chi connectivity index (χ1n) is 9.07. The summed E-state index contributed by atoms with van der Waals surface area (Å²) in [5, 5.41) is 24.0. The zero-order valence-corrected chi connectivity index (χ0v) is 16.6. The Bertz CT molecular complexity index is 1020. The number of nitrogens with zero attached hydrogens (tertiary/aromatic N) is 4. The van der Waals surface area contributed by atoms with Gasteiger partial charge in [-0.3, -0.25) is 4.90 Å². The third-order valence-corrected chi connectivity index (χ3v) is 4.71. The summed E-state index contributed by atoms with van der Waals surface area (Å²) in [7, 11) is 4.58. The van der Waals surface area contributed by atoms with Crippen molar-refractivity contribution in [3.63, 3.8) is 0 Å². The lowest BCUT2D eigenvalue weighted by Crippen LogP contribution is -2.30. The number of anilines is 4. The molecule has 2 unspecified atom stereocenters. The minimum absolute atomic E-state index is 0.255. The van der Waals surface area contributed by atoms with Gasteiger partial charge in [0.2, 0.25) is 11.7 Å². The number of hydrogen-bond acceptors (Lipinski definition) is 10. The summed E-state index contributed by atoms with van der Waals surface area (Å²) < 4.78 is 16.1. The molecule has 4 rings (SSSR count). The molecular formula is C20H21N5O5. The van der Waals surface area contributed by atoms with Crippen LogP contribution < -0.4 is 24.4 Å². The van der Waals surface area contributed by atoms with Crippen molar-refractivity contribution in [3.05, 3.63) is 48.3 Å². The molecule has 0 fully saturated rings. The second-order valence-corrected chi connectivity index (χ2v) is 6.43. The predicted molar refractivity (Wildman–Crippen MR) is 109 cm³/mol. The SMILES string of the molecule is COc1cc(Nc2ncc3c(n2)N(c2ccccn2)C(O)C3O)cc(OC)c1OC. The fourth-order valence-electron chi connectivity index (χ4n) is 3.29. The van der Waals surface area contributed by atoms with E-state index in [4.69, 9.17) is 14.2 Å². The Labute approximate surface area is 172 Å². The minimum Gasteiger partial charge on any atom is -0.493 e. The average molecular weight is 411 g/mol. The Morgan fingerprint density at radius 2 is 1.73 bits per heavy atom. The summed E-state index contributed by atoms with van der Waals surface area (Å²) in [5.41, 5.74) is 1.01. The number of aliphatic hydroxyl groups is 2. The van der Waals surface area contributed by atoms with Crippen LogP contribution in [0.4, 0.5) is 23.3 Å². The maximum absolute atomic E-state index is 10.5. The molecule has 3 N–H and O–H groups in total. The maximum atomic E-state index is 10.5.